The number of nitrogens with zero attached hydrogens (tertiary/aromatic N) is 5. The van der Waals surface area contributed by atoms with Gasteiger partial charge in [-0.05, 0) is 31.0 Å². The highest BCUT2D eigenvalue weighted by atomic mass is 32.1. The molecule has 1 fully saturated rings. The number of piperazine rings is 1. The predicted molar refractivity (Wildman–Crippen MR) is 108 cm³/mol. The third-order valence-electron chi connectivity index (χ3n) is 4.90. The van der Waals surface area contributed by atoms with Crippen LogP contribution in [-0.4, -0.2) is 40.9 Å². The van der Waals surface area contributed by atoms with Crippen LogP contribution in [0.25, 0.3) is 10.2 Å². The van der Waals surface area contributed by atoms with Crippen molar-refractivity contribution >= 4 is 32.5 Å². The minimum absolute atomic E-state index is 0.0453. The highest BCUT2D eigenvalue weighted by molar-refractivity contribution is 7.22. The molecule has 1 aliphatic heterocycles. The summed E-state index contributed by atoms with van der Waals surface area (Å²) in [6.07, 6.45) is 1.01. The lowest BCUT2D eigenvalue weighted by molar-refractivity contribution is 0.588. The molecule has 0 N–H and O–H groups in total. The average Bonchev–Trinajstić information content (AvgIpc) is 3.13. The van der Waals surface area contributed by atoms with Crippen LogP contribution in [0.4, 0.5) is 10.9 Å². The molecule has 0 atom stereocenters. The lowest BCUT2D eigenvalue weighted by Gasteiger charge is -2.35. The topological polar surface area (TPSA) is 54.3 Å². The first-order valence-electron chi connectivity index (χ1n) is 9.16. The fraction of sp³-hybridized carbons (Fsp3) is 0.421. The molecule has 26 heavy (non-hydrogen) atoms. The summed E-state index contributed by atoms with van der Waals surface area (Å²) >= 11 is 1.77. The summed E-state index contributed by atoms with van der Waals surface area (Å²) in [5.74, 6) is 0.878. The zero-order valence-electron chi connectivity index (χ0n) is 15.2. The van der Waals surface area contributed by atoms with E-state index in [9.17, 15) is 4.79 Å². The van der Waals surface area contributed by atoms with Crippen LogP contribution in [0.2, 0.25) is 0 Å². The van der Waals surface area contributed by atoms with E-state index in [1.807, 2.05) is 13.0 Å². The summed E-state index contributed by atoms with van der Waals surface area (Å²) in [4.78, 5) is 21.2. The molecule has 136 valence electrons. The quantitative estimate of drug-likeness (QED) is 0.708. The van der Waals surface area contributed by atoms with Gasteiger partial charge in [-0.2, -0.15) is 5.10 Å². The van der Waals surface area contributed by atoms with Gasteiger partial charge in [0.2, 0.25) is 0 Å². The molecule has 1 aliphatic rings. The Morgan fingerprint density at radius 3 is 2.54 bits per heavy atom. The minimum Gasteiger partial charge on any atom is -0.352 e. The number of rotatable bonds is 4. The van der Waals surface area contributed by atoms with E-state index in [4.69, 9.17) is 4.98 Å². The molecule has 0 aliphatic carbocycles. The van der Waals surface area contributed by atoms with Crippen molar-refractivity contribution in [3.63, 3.8) is 0 Å². The molecule has 0 saturated carbocycles. The van der Waals surface area contributed by atoms with E-state index >= 15 is 0 Å². The second-order valence-corrected chi connectivity index (χ2v) is 7.44. The Morgan fingerprint density at radius 2 is 1.81 bits per heavy atom. The van der Waals surface area contributed by atoms with Crippen molar-refractivity contribution in [2.75, 3.05) is 36.0 Å². The number of hydrogen-bond acceptors (Lipinski definition) is 6. The summed E-state index contributed by atoms with van der Waals surface area (Å²) in [7, 11) is 0. The Bertz CT molecular complexity index is 971. The SMILES string of the molecule is CCc1cccc2sc(N3CCN(c4ccc(=O)n(CC)n4)CC3)nc12. The van der Waals surface area contributed by atoms with Crippen LogP contribution in [0.1, 0.15) is 19.4 Å². The van der Waals surface area contributed by atoms with Gasteiger partial charge in [-0.25, -0.2) is 9.67 Å². The normalized spacial score (nSPS) is 15.0. The smallest absolute Gasteiger partial charge is 0.266 e. The zero-order valence-corrected chi connectivity index (χ0v) is 16.0. The Morgan fingerprint density at radius 1 is 1.04 bits per heavy atom. The third-order valence-corrected chi connectivity index (χ3v) is 5.98. The van der Waals surface area contributed by atoms with Gasteiger partial charge >= 0.3 is 0 Å². The Hall–Kier alpha value is -2.41. The van der Waals surface area contributed by atoms with Gasteiger partial charge in [0.1, 0.15) is 5.82 Å². The van der Waals surface area contributed by atoms with Crippen molar-refractivity contribution in [1.82, 2.24) is 14.8 Å². The van der Waals surface area contributed by atoms with Gasteiger partial charge in [0.15, 0.2) is 5.13 Å². The van der Waals surface area contributed by atoms with E-state index in [1.165, 1.54) is 14.9 Å². The maximum Gasteiger partial charge on any atom is 0.266 e. The largest absolute Gasteiger partial charge is 0.352 e. The number of aryl methyl sites for hydroxylation is 2. The fourth-order valence-electron chi connectivity index (χ4n) is 3.37. The van der Waals surface area contributed by atoms with Crippen molar-refractivity contribution in [2.45, 2.75) is 26.8 Å². The van der Waals surface area contributed by atoms with Gasteiger partial charge in [-0.15, -0.1) is 0 Å². The fourth-order valence-corrected chi connectivity index (χ4v) is 4.44. The summed E-state index contributed by atoms with van der Waals surface area (Å²) in [6.45, 7) is 8.29. The standard InChI is InChI=1S/C19H23N5OS/c1-3-14-6-5-7-15-18(14)20-19(26-15)23-12-10-22(11-13-23)16-8-9-17(25)24(4-2)21-16/h5-9H,3-4,10-13H2,1-2H3. The molecule has 0 amide bonds. The van der Waals surface area contributed by atoms with E-state index in [-0.39, 0.29) is 5.56 Å². The van der Waals surface area contributed by atoms with Crippen molar-refractivity contribution < 1.29 is 0 Å². The molecule has 0 unspecified atom stereocenters. The van der Waals surface area contributed by atoms with Crippen LogP contribution in [0.5, 0.6) is 0 Å². The van der Waals surface area contributed by atoms with Crippen LogP contribution in [-0.2, 0) is 13.0 Å². The molecule has 2 aromatic heterocycles. The molecule has 3 aromatic rings. The lowest BCUT2D eigenvalue weighted by Crippen LogP contribution is -2.47. The summed E-state index contributed by atoms with van der Waals surface area (Å²) in [5.41, 5.74) is 2.42. The summed E-state index contributed by atoms with van der Waals surface area (Å²) < 4.78 is 2.78. The minimum atomic E-state index is -0.0453. The molecule has 7 heteroatoms. The third kappa shape index (κ3) is 3.07. The zero-order chi connectivity index (χ0) is 18.1. The highest BCUT2D eigenvalue weighted by Crippen LogP contribution is 2.31. The predicted octanol–water partition coefficient (Wildman–Crippen LogP) is 2.76. The van der Waals surface area contributed by atoms with Crippen molar-refractivity contribution in [1.29, 1.82) is 0 Å². The van der Waals surface area contributed by atoms with Gasteiger partial charge in [-0.1, -0.05) is 30.4 Å². The average molecular weight is 369 g/mol. The molecular weight excluding hydrogens is 346 g/mol. The van der Waals surface area contributed by atoms with Crippen LogP contribution >= 0.6 is 11.3 Å². The van der Waals surface area contributed by atoms with E-state index in [1.54, 1.807) is 17.4 Å². The van der Waals surface area contributed by atoms with Crippen molar-refractivity contribution in [2.24, 2.45) is 0 Å². The molecule has 0 bridgehead atoms. The molecule has 0 spiro atoms. The molecule has 1 aromatic carbocycles. The number of anilines is 2. The number of benzene rings is 1. The van der Waals surface area contributed by atoms with E-state index in [0.29, 0.717) is 6.54 Å². The summed E-state index contributed by atoms with van der Waals surface area (Å²) in [5, 5.41) is 5.57. The maximum atomic E-state index is 11.7. The van der Waals surface area contributed by atoms with Gasteiger partial charge in [0, 0.05) is 38.8 Å². The van der Waals surface area contributed by atoms with Crippen LogP contribution in [0.3, 0.4) is 0 Å². The number of para-hydroxylation sites is 1. The Labute approximate surface area is 156 Å². The first-order valence-corrected chi connectivity index (χ1v) is 9.97. The molecule has 3 heterocycles. The van der Waals surface area contributed by atoms with Gasteiger partial charge < -0.3 is 9.80 Å². The molecule has 1 saturated heterocycles. The molecule has 6 nitrogen and oxygen atoms in total. The van der Waals surface area contributed by atoms with Gasteiger partial charge in [0.25, 0.3) is 5.56 Å². The van der Waals surface area contributed by atoms with Crippen LogP contribution < -0.4 is 15.4 Å². The first kappa shape index (κ1) is 17.0. The Balaban J connectivity index is 1.51. The van der Waals surface area contributed by atoms with Crippen LogP contribution in [0.15, 0.2) is 35.1 Å². The van der Waals surface area contributed by atoms with Crippen LogP contribution in [0, 0.1) is 0 Å². The molecule has 4 rings (SSSR count). The van der Waals surface area contributed by atoms with Gasteiger partial charge in [-0.3, -0.25) is 4.79 Å². The highest BCUT2D eigenvalue weighted by Gasteiger charge is 2.21. The van der Waals surface area contributed by atoms with E-state index in [2.05, 4.69) is 40.0 Å². The summed E-state index contributed by atoms with van der Waals surface area (Å²) in [6, 6.07) is 9.88. The van der Waals surface area contributed by atoms with E-state index < -0.39 is 0 Å². The molecular formula is C19H23N5OS. The Kier molecular flexibility index (Phi) is 4.63. The number of thiazole rings is 1. The number of fused-ring (bicyclic) bond motifs is 1. The van der Waals surface area contributed by atoms with Gasteiger partial charge in [0.05, 0.1) is 10.2 Å². The number of aromatic nitrogens is 3. The second kappa shape index (κ2) is 7.07. The monoisotopic (exact) mass is 369 g/mol. The second-order valence-electron chi connectivity index (χ2n) is 6.43. The van der Waals surface area contributed by atoms with Crippen molar-refractivity contribution in [3.05, 3.63) is 46.2 Å². The lowest BCUT2D eigenvalue weighted by atomic mass is 10.1. The maximum absolute atomic E-state index is 11.7. The molecule has 0 radical (unpaired) electrons. The number of hydrogen-bond donors (Lipinski definition) is 0. The van der Waals surface area contributed by atoms with Crippen molar-refractivity contribution in [3.8, 4) is 0 Å². The van der Waals surface area contributed by atoms with E-state index in [0.717, 1.165) is 49.1 Å². The first-order chi connectivity index (χ1) is 12.7.